The van der Waals surface area contributed by atoms with Crippen molar-refractivity contribution in [3.05, 3.63) is 46.5 Å². The third-order valence-electron chi connectivity index (χ3n) is 3.29. The Balaban J connectivity index is 3.48. The normalized spacial score (nSPS) is 12.9. The zero-order valence-electron chi connectivity index (χ0n) is 12.6. The number of methoxy groups -OCH3 is 2. The number of halogens is 1. The first-order chi connectivity index (χ1) is 10.3. The van der Waals surface area contributed by atoms with Gasteiger partial charge < -0.3 is 9.47 Å². The maximum absolute atomic E-state index is 12.0. The molecule has 0 bridgehead atoms. The van der Waals surface area contributed by atoms with Crippen LogP contribution in [0, 0.1) is 5.92 Å². The first kappa shape index (κ1) is 18.1. The van der Waals surface area contributed by atoms with Crippen LogP contribution in [0.4, 0.5) is 0 Å². The average molecular weight is 369 g/mol. The summed E-state index contributed by atoms with van der Waals surface area (Å²) in [4.78, 5) is 35.9. The van der Waals surface area contributed by atoms with Crippen molar-refractivity contribution in [2.24, 2.45) is 5.92 Å². The summed E-state index contributed by atoms with van der Waals surface area (Å²) in [5.41, 5.74) is 0.600. The predicted octanol–water partition coefficient (Wildman–Crippen LogP) is 2.64. The van der Waals surface area contributed by atoms with E-state index in [2.05, 4.69) is 27.2 Å². The Bertz CT molecular complexity index is 608. The molecule has 0 spiro atoms. The van der Waals surface area contributed by atoms with Crippen LogP contribution in [-0.4, -0.2) is 31.9 Å². The quantitative estimate of drug-likeness (QED) is 0.438. The van der Waals surface area contributed by atoms with Crippen molar-refractivity contribution in [2.45, 2.75) is 12.8 Å². The number of carbonyl (C=O) groups excluding carboxylic acids is 3. The van der Waals surface area contributed by atoms with Gasteiger partial charge in [-0.25, -0.2) is 4.79 Å². The Morgan fingerprint density at radius 2 is 1.73 bits per heavy atom. The lowest BCUT2D eigenvalue weighted by Gasteiger charge is -2.25. The van der Waals surface area contributed by atoms with Gasteiger partial charge in [0.1, 0.15) is 11.7 Å². The minimum Gasteiger partial charge on any atom is -0.468 e. The van der Waals surface area contributed by atoms with Crippen molar-refractivity contribution >= 4 is 33.7 Å². The lowest BCUT2D eigenvalue weighted by atomic mass is 9.79. The van der Waals surface area contributed by atoms with E-state index in [4.69, 9.17) is 4.74 Å². The van der Waals surface area contributed by atoms with Gasteiger partial charge in [-0.2, -0.15) is 0 Å². The first-order valence-electron chi connectivity index (χ1n) is 6.45. The molecule has 0 fully saturated rings. The molecular weight excluding hydrogens is 352 g/mol. The van der Waals surface area contributed by atoms with Gasteiger partial charge in [-0.3, -0.25) is 9.59 Å². The zero-order valence-corrected chi connectivity index (χ0v) is 14.2. The van der Waals surface area contributed by atoms with Crippen molar-refractivity contribution < 1.29 is 23.9 Å². The van der Waals surface area contributed by atoms with E-state index in [9.17, 15) is 14.4 Å². The topological polar surface area (TPSA) is 69.7 Å². The molecule has 0 radical (unpaired) electrons. The number of benzene rings is 1. The van der Waals surface area contributed by atoms with Gasteiger partial charge in [0.2, 0.25) is 0 Å². The number of rotatable bonds is 6. The molecule has 2 atom stereocenters. The molecule has 5 nitrogen and oxygen atoms in total. The van der Waals surface area contributed by atoms with Crippen LogP contribution in [0.1, 0.15) is 18.4 Å². The van der Waals surface area contributed by atoms with E-state index >= 15 is 0 Å². The smallest absolute Gasteiger partial charge is 0.333 e. The number of Topliss-reactive ketones (excluding diaryl/α,β-unsaturated/α-hetero) is 1. The van der Waals surface area contributed by atoms with Crippen LogP contribution in [0.2, 0.25) is 0 Å². The number of esters is 2. The minimum atomic E-state index is -1.17. The van der Waals surface area contributed by atoms with Crippen LogP contribution in [0.15, 0.2) is 40.9 Å². The maximum Gasteiger partial charge on any atom is 0.333 e. The predicted molar refractivity (Wildman–Crippen MR) is 84.2 cm³/mol. The van der Waals surface area contributed by atoms with Crippen molar-refractivity contribution in [2.75, 3.05) is 14.2 Å². The Kier molecular flexibility index (Phi) is 6.49. The van der Waals surface area contributed by atoms with E-state index < -0.39 is 29.6 Å². The summed E-state index contributed by atoms with van der Waals surface area (Å²) in [5, 5.41) is 0. The Morgan fingerprint density at radius 3 is 2.18 bits per heavy atom. The fourth-order valence-corrected chi connectivity index (χ4v) is 2.75. The molecular formula is C16H17BrO5. The van der Waals surface area contributed by atoms with Crippen molar-refractivity contribution in [3.63, 3.8) is 0 Å². The SMILES string of the molecule is C=C(C(=O)OC)C(c1ccccc1Br)C(C(C)=O)C(=O)OC. The highest BCUT2D eigenvalue weighted by Gasteiger charge is 2.39. The largest absolute Gasteiger partial charge is 0.468 e. The van der Waals surface area contributed by atoms with Crippen molar-refractivity contribution in [1.82, 2.24) is 0 Å². The number of ether oxygens (including phenoxy) is 2. The molecule has 118 valence electrons. The molecule has 1 aromatic rings. The molecule has 2 unspecified atom stereocenters. The summed E-state index contributed by atoms with van der Waals surface area (Å²) >= 11 is 3.37. The highest BCUT2D eigenvalue weighted by molar-refractivity contribution is 9.10. The molecule has 0 saturated carbocycles. The fourth-order valence-electron chi connectivity index (χ4n) is 2.22. The molecule has 22 heavy (non-hydrogen) atoms. The second-order valence-electron chi connectivity index (χ2n) is 4.63. The number of hydrogen-bond donors (Lipinski definition) is 0. The number of hydrogen-bond acceptors (Lipinski definition) is 5. The van der Waals surface area contributed by atoms with Gasteiger partial charge in [0, 0.05) is 16.0 Å². The summed E-state index contributed by atoms with van der Waals surface area (Å²) in [7, 11) is 2.40. The second-order valence-corrected chi connectivity index (χ2v) is 5.48. The summed E-state index contributed by atoms with van der Waals surface area (Å²) in [5.74, 6) is -3.87. The van der Waals surface area contributed by atoms with E-state index in [0.29, 0.717) is 10.0 Å². The standard InChI is InChI=1S/C16H17BrO5/c1-9(15(19)21-3)13(11-7-5-6-8-12(11)17)14(10(2)18)16(20)22-4/h5-8,13-14H,1H2,2-4H3. The Labute approximate surface area is 137 Å². The van der Waals surface area contributed by atoms with Crippen LogP contribution < -0.4 is 0 Å². The molecule has 0 aliphatic carbocycles. The Morgan fingerprint density at radius 1 is 1.14 bits per heavy atom. The van der Waals surface area contributed by atoms with E-state index in [1.165, 1.54) is 21.1 Å². The Hall–Kier alpha value is -1.95. The molecule has 0 amide bonds. The lowest BCUT2D eigenvalue weighted by Crippen LogP contribution is -2.32. The van der Waals surface area contributed by atoms with Gasteiger partial charge in [-0.1, -0.05) is 40.7 Å². The highest BCUT2D eigenvalue weighted by atomic mass is 79.9. The molecule has 1 aromatic carbocycles. The molecule has 0 saturated heterocycles. The molecule has 1 rings (SSSR count). The summed E-state index contributed by atoms with van der Waals surface area (Å²) in [6.45, 7) is 4.98. The van der Waals surface area contributed by atoms with E-state index in [1.807, 2.05) is 0 Å². The molecule has 6 heteroatoms. The van der Waals surface area contributed by atoms with Crippen LogP contribution in [0.3, 0.4) is 0 Å². The maximum atomic E-state index is 12.0. The monoisotopic (exact) mass is 368 g/mol. The third kappa shape index (κ3) is 3.82. The molecule has 0 aliphatic heterocycles. The minimum absolute atomic E-state index is 0.0139. The van der Waals surface area contributed by atoms with Gasteiger partial charge in [-0.05, 0) is 18.6 Å². The summed E-state index contributed by atoms with van der Waals surface area (Å²) in [6, 6.07) is 6.99. The summed E-state index contributed by atoms with van der Waals surface area (Å²) in [6.07, 6.45) is 0. The van der Waals surface area contributed by atoms with Crippen LogP contribution in [0.25, 0.3) is 0 Å². The van der Waals surface area contributed by atoms with Gasteiger partial charge >= 0.3 is 11.9 Å². The fraction of sp³-hybridized carbons (Fsp3) is 0.312. The van der Waals surface area contributed by atoms with Crippen molar-refractivity contribution in [3.8, 4) is 0 Å². The van der Waals surface area contributed by atoms with Crippen LogP contribution >= 0.6 is 15.9 Å². The summed E-state index contributed by atoms with van der Waals surface area (Å²) < 4.78 is 10.0. The van der Waals surface area contributed by atoms with E-state index in [-0.39, 0.29) is 5.57 Å². The van der Waals surface area contributed by atoms with E-state index in [1.54, 1.807) is 24.3 Å². The van der Waals surface area contributed by atoms with Crippen LogP contribution in [-0.2, 0) is 23.9 Å². The van der Waals surface area contributed by atoms with Gasteiger partial charge in [-0.15, -0.1) is 0 Å². The lowest BCUT2D eigenvalue weighted by molar-refractivity contribution is -0.149. The van der Waals surface area contributed by atoms with Crippen molar-refractivity contribution in [1.29, 1.82) is 0 Å². The first-order valence-corrected chi connectivity index (χ1v) is 7.24. The molecule has 0 aromatic heterocycles. The molecule has 0 heterocycles. The van der Waals surface area contributed by atoms with Gasteiger partial charge in [0.05, 0.1) is 14.2 Å². The zero-order chi connectivity index (χ0) is 16.9. The number of carbonyl (C=O) groups is 3. The van der Waals surface area contributed by atoms with Gasteiger partial charge in [0.25, 0.3) is 0 Å². The van der Waals surface area contributed by atoms with E-state index in [0.717, 1.165) is 0 Å². The van der Waals surface area contributed by atoms with Gasteiger partial charge in [0.15, 0.2) is 0 Å². The average Bonchev–Trinajstić information content (AvgIpc) is 2.50. The third-order valence-corrected chi connectivity index (χ3v) is 4.01. The number of ketones is 1. The molecule has 0 aliphatic rings. The van der Waals surface area contributed by atoms with Crippen LogP contribution in [0.5, 0.6) is 0 Å². The second kappa shape index (κ2) is 7.89. The molecule has 0 N–H and O–H groups in total. The highest BCUT2D eigenvalue weighted by Crippen LogP contribution is 2.37.